The highest BCUT2D eigenvalue weighted by molar-refractivity contribution is 7.10. The van der Waals surface area contributed by atoms with Gasteiger partial charge in [-0.1, -0.05) is 18.2 Å². The molecule has 4 rings (SSSR count). The molecule has 1 aromatic heterocycles. The van der Waals surface area contributed by atoms with Crippen LogP contribution >= 0.6 is 11.3 Å². The number of nitrogens with zero attached hydrogens (tertiary/aromatic N) is 4. The molecule has 1 fully saturated rings. The number of halogens is 3. The molecule has 0 N–H and O–H groups in total. The molecule has 37 heavy (non-hydrogen) atoms. The fourth-order valence-electron chi connectivity index (χ4n) is 4.00. The molecule has 1 unspecified atom stereocenters. The van der Waals surface area contributed by atoms with Crippen molar-refractivity contribution in [2.45, 2.75) is 12.4 Å². The van der Waals surface area contributed by atoms with Crippen LogP contribution in [0.15, 0.2) is 53.9 Å². The second-order valence-electron chi connectivity index (χ2n) is 8.04. The summed E-state index contributed by atoms with van der Waals surface area (Å²) >= 11 is 1.09. The van der Waals surface area contributed by atoms with Gasteiger partial charge < -0.3 is 19.3 Å². The summed E-state index contributed by atoms with van der Waals surface area (Å²) in [5.41, 5.74) is 0.691. The van der Waals surface area contributed by atoms with E-state index >= 15 is 0 Å². The largest absolute Gasteiger partial charge is 0.573 e. The number of carbonyl (C=O) groups excluding carboxylic acids is 2. The van der Waals surface area contributed by atoms with Crippen LogP contribution in [0.5, 0.6) is 11.5 Å². The first-order valence-electron chi connectivity index (χ1n) is 10.9. The van der Waals surface area contributed by atoms with Gasteiger partial charge in [0.05, 0.1) is 25.4 Å². The van der Waals surface area contributed by atoms with E-state index in [4.69, 9.17) is 11.2 Å². The number of aromatic nitrogens is 1. The topological polar surface area (TPSA) is 75.2 Å². The Morgan fingerprint density at radius 3 is 2.51 bits per heavy atom. The molecule has 0 bridgehead atoms. The Labute approximate surface area is 214 Å². The van der Waals surface area contributed by atoms with Crippen molar-refractivity contribution in [3.05, 3.63) is 64.6 Å². The summed E-state index contributed by atoms with van der Waals surface area (Å²) in [5, 5.41) is 1.75. The van der Waals surface area contributed by atoms with Crippen molar-refractivity contribution in [1.29, 1.82) is 0 Å². The number of methoxy groups -OCH3 is 1. The van der Waals surface area contributed by atoms with Crippen molar-refractivity contribution in [1.82, 2.24) is 9.88 Å². The maximum Gasteiger partial charge on any atom is 0.573 e. The summed E-state index contributed by atoms with van der Waals surface area (Å²) in [4.78, 5) is 35.1. The number of rotatable bonds is 6. The van der Waals surface area contributed by atoms with Crippen molar-refractivity contribution in [2.75, 3.05) is 37.0 Å². The Morgan fingerprint density at radius 2 is 1.89 bits per heavy atom. The third-order valence-electron chi connectivity index (χ3n) is 5.55. The van der Waals surface area contributed by atoms with E-state index in [0.717, 1.165) is 23.5 Å². The zero-order valence-corrected chi connectivity index (χ0v) is 20.5. The molecule has 1 atom stereocenters. The molecule has 192 valence electrons. The van der Waals surface area contributed by atoms with Gasteiger partial charge in [0.1, 0.15) is 17.2 Å². The molecule has 3 amide bonds. The highest BCUT2D eigenvalue weighted by atomic mass is 32.1. The van der Waals surface area contributed by atoms with Crippen molar-refractivity contribution >= 4 is 34.6 Å². The number of carbonyl (C=O) groups is 2. The Bertz CT molecular complexity index is 1340. The molecule has 0 aliphatic carbocycles. The van der Waals surface area contributed by atoms with Crippen LogP contribution in [0.1, 0.15) is 15.5 Å². The van der Waals surface area contributed by atoms with Crippen molar-refractivity contribution in [3.63, 3.8) is 0 Å². The summed E-state index contributed by atoms with van der Waals surface area (Å²) in [6.07, 6.45) is 0.447. The normalized spacial score (nSPS) is 15.8. The van der Waals surface area contributed by atoms with E-state index in [-0.39, 0.29) is 41.3 Å². The fourth-order valence-corrected chi connectivity index (χ4v) is 4.59. The van der Waals surface area contributed by atoms with Crippen LogP contribution in [0.2, 0.25) is 0 Å². The number of anilines is 2. The second kappa shape index (κ2) is 10.4. The van der Waals surface area contributed by atoms with E-state index in [0.29, 0.717) is 5.69 Å². The molecule has 1 aliphatic heterocycles. The summed E-state index contributed by atoms with van der Waals surface area (Å²) in [7, 11) is 2.86. The molecule has 0 radical (unpaired) electrons. The van der Waals surface area contributed by atoms with Gasteiger partial charge in [0.2, 0.25) is 0 Å². The van der Waals surface area contributed by atoms with Gasteiger partial charge in [-0.3, -0.25) is 9.69 Å². The zero-order valence-electron chi connectivity index (χ0n) is 19.7. The van der Waals surface area contributed by atoms with E-state index in [1.807, 2.05) is 0 Å². The minimum atomic E-state index is -4.96. The van der Waals surface area contributed by atoms with E-state index in [2.05, 4.69) is 15.6 Å². The summed E-state index contributed by atoms with van der Waals surface area (Å²) < 4.78 is 48.4. The van der Waals surface area contributed by atoms with E-state index in [9.17, 15) is 22.8 Å². The van der Waals surface area contributed by atoms with Gasteiger partial charge in [0, 0.05) is 42.9 Å². The number of ether oxygens (including phenoxy) is 2. The second-order valence-corrected chi connectivity index (χ2v) is 8.89. The smallest absolute Gasteiger partial charge is 0.497 e. The number of hydrogen-bond acceptors (Lipinski definition) is 6. The molecule has 0 spiro atoms. The zero-order chi connectivity index (χ0) is 26.7. The lowest BCUT2D eigenvalue weighted by Gasteiger charge is -2.43. The van der Waals surface area contributed by atoms with Crippen molar-refractivity contribution in [3.8, 4) is 23.8 Å². The Morgan fingerprint density at radius 1 is 1.19 bits per heavy atom. The number of para-hydroxylation sites is 1. The van der Waals surface area contributed by atoms with Gasteiger partial charge >= 0.3 is 12.4 Å². The lowest BCUT2D eigenvalue weighted by molar-refractivity contribution is -0.274. The minimum Gasteiger partial charge on any atom is -0.497 e. The Hall–Kier alpha value is -4.24. The van der Waals surface area contributed by atoms with Crippen LogP contribution in [-0.4, -0.2) is 61.5 Å². The summed E-state index contributed by atoms with van der Waals surface area (Å²) in [6.45, 7) is 0.171. The molecular weight excluding hydrogens is 509 g/mol. The molecule has 0 saturated carbocycles. The molecule has 12 heteroatoms. The minimum absolute atomic E-state index is 0.0184. The average molecular weight is 531 g/mol. The lowest BCUT2D eigenvalue weighted by Crippen LogP contribution is -2.61. The third kappa shape index (κ3) is 5.78. The molecular formula is C25H21F3N4O4S. The van der Waals surface area contributed by atoms with Gasteiger partial charge in [-0.05, 0) is 18.1 Å². The Kier molecular flexibility index (Phi) is 7.26. The van der Waals surface area contributed by atoms with Crippen molar-refractivity contribution in [2.24, 2.45) is 0 Å². The van der Waals surface area contributed by atoms with Gasteiger partial charge in [-0.2, -0.15) is 0 Å². The molecule has 1 aliphatic rings. The highest BCUT2D eigenvalue weighted by Crippen LogP contribution is 2.35. The maximum atomic E-state index is 13.8. The number of likely N-dealkylation sites (N-methyl/N-ethyl adjacent to an activating group) is 1. The number of thiazole rings is 1. The first-order valence-corrected chi connectivity index (χ1v) is 11.8. The SMILES string of the molecule is C#Cc1nc(C(=O)N(c2cc(OC)cc(OC(F)(F)F)c2)C2CN(C)C(=O)N(c3ccccc3)C2)cs1. The predicted molar refractivity (Wildman–Crippen MR) is 132 cm³/mol. The maximum absolute atomic E-state index is 13.8. The number of urea groups is 1. The van der Waals surface area contributed by atoms with E-state index < -0.39 is 24.1 Å². The standard InChI is InChI=1S/C25H21F3N4O4S/c1-4-22-29-21(15-37-22)23(33)32(17-10-19(35-3)12-20(11-17)36-25(26,27)28)18-13-30(2)24(34)31(14-18)16-8-6-5-7-9-16/h1,5-12,15,18H,13-14H2,2-3H3. The van der Waals surface area contributed by atoms with E-state index in [1.54, 1.807) is 37.4 Å². The summed E-state index contributed by atoms with van der Waals surface area (Å²) in [5.74, 6) is 1.23. The van der Waals surface area contributed by atoms with Crippen LogP contribution in [0.25, 0.3) is 0 Å². The molecule has 2 heterocycles. The highest BCUT2D eigenvalue weighted by Gasteiger charge is 2.38. The van der Waals surface area contributed by atoms with Gasteiger partial charge in [0.25, 0.3) is 5.91 Å². The molecule has 8 nitrogen and oxygen atoms in total. The first kappa shape index (κ1) is 25.8. The first-order chi connectivity index (χ1) is 17.6. The molecule has 1 saturated heterocycles. The van der Waals surface area contributed by atoms with Gasteiger partial charge in [-0.15, -0.1) is 30.9 Å². The summed E-state index contributed by atoms with van der Waals surface area (Å²) in [6, 6.07) is 11.4. The van der Waals surface area contributed by atoms with Crippen LogP contribution in [0.4, 0.5) is 29.3 Å². The van der Waals surface area contributed by atoms with Crippen LogP contribution < -0.4 is 19.3 Å². The predicted octanol–water partition coefficient (Wildman–Crippen LogP) is 4.62. The Balaban J connectivity index is 1.81. The molecule has 3 aromatic rings. The number of hydrogen-bond donors (Lipinski definition) is 0. The van der Waals surface area contributed by atoms with Crippen LogP contribution in [0.3, 0.4) is 0 Å². The van der Waals surface area contributed by atoms with Gasteiger partial charge in [-0.25, -0.2) is 9.78 Å². The van der Waals surface area contributed by atoms with Crippen LogP contribution in [0, 0.1) is 12.3 Å². The van der Waals surface area contributed by atoms with Crippen molar-refractivity contribution < 1.29 is 32.2 Å². The third-order valence-corrected chi connectivity index (χ3v) is 6.32. The van der Waals surface area contributed by atoms with Crippen LogP contribution in [-0.2, 0) is 0 Å². The van der Waals surface area contributed by atoms with Gasteiger partial charge in [0.15, 0.2) is 5.01 Å². The van der Waals surface area contributed by atoms with E-state index in [1.165, 1.54) is 33.3 Å². The monoisotopic (exact) mass is 530 g/mol. The molecule has 2 aromatic carbocycles. The quantitative estimate of drug-likeness (QED) is 0.435. The fraction of sp³-hybridized carbons (Fsp3) is 0.240. The average Bonchev–Trinajstić information content (AvgIpc) is 3.35. The lowest BCUT2D eigenvalue weighted by atomic mass is 10.1. The number of terminal acetylenes is 1. The number of alkyl halides is 3. The number of benzene rings is 2. The number of amides is 3.